The van der Waals surface area contributed by atoms with E-state index in [0.717, 1.165) is 13.0 Å². The lowest BCUT2D eigenvalue weighted by atomic mass is 10.3. The van der Waals surface area contributed by atoms with E-state index in [4.69, 9.17) is 5.73 Å². The molecular weight excluding hydrogens is 263 g/mol. The normalized spacial score (nSPS) is 9.06. The Labute approximate surface area is 114 Å². The zero-order valence-electron chi connectivity index (χ0n) is 9.91. The molecule has 0 atom stereocenters. The smallest absolute Gasteiger partial charge is 0.222 e. The first kappa shape index (κ1) is 18.6. The summed E-state index contributed by atoms with van der Waals surface area (Å²) in [7, 11) is 1.81. The molecule has 0 saturated carbocycles. The fourth-order valence-electron chi connectivity index (χ4n) is 1.25. The Bertz CT molecular complexity index is 293. The molecule has 1 heterocycles. The summed E-state index contributed by atoms with van der Waals surface area (Å²) in [6.07, 6.45) is 4.91. The molecule has 0 spiro atoms. The van der Waals surface area contributed by atoms with Crippen molar-refractivity contribution in [2.75, 3.05) is 20.1 Å². The number of nitrogens with two attached hydrogens (primary N) is 1. The molecule has 2 N–H and O–H groups in total. The van der Waals surface area contributed by atoms with Gasteiger partial charge in [-0.2, -0.15) is 5.10 Å². The summed E-state index contributed by atoms with van der Waals surface area (Å²) in [5.74, 6) is 0.146. The maximum Gasteiger partial charge on any atom is 0.222 e. The number of rotatable bonds is 6. The van der Waals surface area contributed by atoms with Crippen LogP contribution in [-0.2, 0) is 11.3 Å². The Balaban J connectivity index is 0. The minimum Gasteiger partial charge on any atom is -0.344 e. The molecule has 0 unspecified atom stereocenters. The average Bonchev–Trinajstić information content (AvgIpc) is 2.75. The first-order valence-electron chi connectivity index (χ1n) is 5.15. The number of hydrogen-bond acceptors (Lipinski definition) is 3. The van der Waals surface area contributed by atoms with E-state index in [-0.39, 0.29) is 30.7 Å². The first-order valence-corrected chi connectivity index (χ1v) is 5.15. The predicted octanol–water partition coefficient (Wildman–Crippen LogP) is 0.924. The zero-order chi connectivity index (χ0) is 11.1. The van der Waals surface area contributed by atoms with Crippen molar-refractivity contribution >= 4 is 30.7 Å². The fourth-order valence-corrected chi connectivity index (χ4v) is 1.25. The van der Waals surface area contributed by atoms with Crippen LogP contribution in [0.5, 0.6) is 0 Å². The van der Waals surface area contributed by atoms with Crippen molar-refractivity contribution in [3.63, 3.8) is 0 Å². The molecule has 0 aromatic carbocycles. The monoisotopic (exact) mass is 282 g/mol. The van der Waals surface area contributed by atoms with E-state index in [0.29, 0.717) is 19.5 Å². The molecule has 7 heteroatoms. The Morgan fingerprint density at radius 1 is 1.47 bits per heavy atom. The summed E-state index contributed by atoms with van der Waals surface area (Å²) in [6.45, 7) is 1.99. The van der Waals surface area contributed by atoms with E-state index in [2.05, 4.69) is 5.10 Å². The van der Waals surface area contributed by atoms with E-state index in [1.807, 2.05) is 24.0 Å². The van der Waals surface area contributed by atoms with Crippen LogP contribution in [0.2, 0.25) is 0 Å². The lowest BCUT2D eigenvalue weighted by molar-refractivity contribution is -0.130. The number of halogens is 2. The van der Waals surface area contributed by atoms with Crippen LogP contribution in [0, 0.1) is 0 Å². The summed E-state index contributed by atoms with van der Waals surface area (Å²) < 4.78 is 1.81. The van der Waals surface area contributed by atoms with Gasteiger partial charge in [0, 0.05) is 32.4 Å². The number of carbonyl (C=O) groups is 1. The first-order chi connectivity index (χ1) is 7.24. The minimum absolute atomic E-state index is 0. The molecule has 0 bridgehead atoms. The third-order valence-corrected chi connectivity index (χ3v) is 2.24. The van der Waals surface area contributed by atoms with Gasteiger partial charge in [0.25, 0.3) is 0 Å². The molecule has 1 aromatic heterocycles. The highest BCUT2D eigenvalue weighted by atomic mass is 35.5. The van der Waals surface area contributed by atoms with Crippen LogP contribution in [-0.4, -0.2) is 40.7 Å². The molecule has 100 valence electrons. The molecule has 17 heavy (non-hydrogen) atoms. The van der Waals surface area contributed by atoms with Crippen LogP contribution in [0.15, 0.2) is 18.5 Å². The maximum atomic E-state index is 11.5. The quantitative estimate of drug-likeness (QED) is 0.844. The number of amides is 1. The van der Waals surface area contributed by atoms with Gasteiger partial charge in [0.2, 0.25) is 5.91 Å². The van der Waals surface area contributed by atoms with Crippen LogP contribution in [0.1, 0.15) is 12.8 Å². The summed E-state index contributed by atoms with van der Waals surface area (Å²) in [4.78, 5) is 13.2. The summed E-state index contributed by atoms with van der Waals surface area (Å²) >= 11 is 0. The zero-order valence-corrected chi connectivity index (χ0v) is 11.5. The molecule has 0 aliphatic carbocycles. The second-order valence-electron chi connectivity index (χ2n) is 3.48. The van der Waals surface area contributed by atoms with Crippen molar-refractivity contribution in [2.45, 2.75) is 19.4 Å². The van der Waals surface area contributed by atoms with Gasteiger partial charge in [-0.1, -0.05) is 0 Å². The third-order valence-electron chi connectivity index (χ3n) is 2.24. The summed E-state index contributed by atoms with van der Waals surface area (Å²) in [5, 5.41) is 4.07. The van der Waals surface area contributed by atoms with Crippen molar-refractivity contribution in [3.8, 4) is 0 Å². The highest BCUT2D eigenvalue weighted by Crippen LogP contribution is 1.95. The van der Waals surface area contributed by atoms with E-state index in [9.17, 15) is 4.79 Å². The fraction of sp³-hybridized carbons (Fsp3) is 0.600. The highest BCUT2D eigenvalue weighted by molar-refractivity contribution is 5.85. The van der Waals surface area contributed by atoms with Gasteiger partial charge in [-0.25, -0.2) is 0 Å². The topological polar surface area (TPSA) is 64.2 Å². The van der Waals surface area contributed by atoms with E-state index >= 15 is 0 Å². The van der Waals surface area contributed by atoms with Gasteiger partial charge in [0.05, 0.1) is 6.54 Å². The second-order valence-corrected chi connectivity index (χ2v) is 3.48. The Kier molecular flexibility index (Phi) is 11.3. The predicted molar refractivity (Wildman–Crippen MR) is 72.6 cm³/mol. The number of nitrogens with zero attached hydrogens (tertiary/aromatic N) is 3. The molecule has 0 saturated heterocycles. The molecule has 0 fully saturated rings. The minimum atomic E-state index is 0. The lowest BCUT2D eigenvalue weighted by Gasteiger charge is -2.16. The van der Waals surface area contributed by atoms with Gasteiger partial charge in [0.1, 0.15) is 0 Å². The van der Waals surface area contributed by atoms with Crippen LogP contribution in [0.4, 0.5) is 0 Å². The van der Waals surface area contributed by atoms with Gasteiger partial charge in [-0.3, -0.25) is 9.48 Å². The number of likely N-dealkylation sites (N-methyl/N-ethyl adjacent to an activating group) is 1. The van der Waals surface area contributed by atoms with Gasteiger partial charge < -0.3 is 10.6 Å². The molecule has 1 aromatic rings. The second kappa shape index (κ2) is 10.4. The largest absolute Gasteiger partial charge is 0.344 e. The standard InChI is InChI=1S/C10H18N4O.2ClH/c1-13(10(15)4-2-5-11)8-9-14-7-3-6-12-14;;/h3,6-7H,2,4-5,8-9,11H2,1H3;2*1H. The van der Waals surface area contributed by atoms with Gasteiger partial charge >= 0.3 is 0 Å². The van der Waals surface area contributed by atoms with Crippen LogP contribution in [0.25, 0.3) is 0 Å². The molecule has 5 nitrogen and oxygen atoms in total. The van der Waals surface area contributed by atoms with Crippen molar-refractivity contribution < 1.29 is 4.79 Å². The third kappa shape index (κ3) is 7.20. The molecule has 0 aliphatic rings. The van der Waals surface area contributed by atoms with Crippen LogP contribution in [0.3, 0.4) is 0 Å². The SMILES string of the molecule is CN(CCn1cccn1)C(=O)CCCN.Cl.Cl. The van der Waals surface area contributed by atoms with Gasteiger partial charge in [-0.15, -0.1) is 24.8 Å². The Morgan fingerprint density at radius 3 is 2.71 bits per heavy atom. The van der Waals surface area contributed by atoms with E-state index in [1.165, 1.54) is 0 Å². The lowest BCUT2D eigenvalue weighted by Crippen LogP contribution is -2.30. The molecule has 0 aliphatic heterocycles. The van der Waals surface area contributed by atoms with Gasteiger partial charge in [-0.05, 0) is 19.0 Å². The Morgan fingerprint density at radius 2 is 2.18 bits per heavy atom. The summed E-state index contributed by atoms with van der Waals surface area (Å²) in [6, 6.07) is 1.87. The van der Waals surface area contributed by atoms with Crippen molar-refractivity contribution in [3.05, 3.63) is 18.5 Å². The van der Waals surface area contributed by atoms with E-state index in [1.54, 1.807) is 11.1 Å². The molecule has 1 amide bonds. The molecule has 1 rings (SSSR count). The Hall–Kier alpha value is -0.780. The van der Waals surface area contributed by atoms with E-state index < -0.39 is 0 Å². The number of aromatic nitrogens is 2. The highest BCUT2D eigenvalue weighted by Gasteiger charge is 2.07. The maximum absolute atomic E-state index is 11.5. The summed E-state index contributed by atoms with van der Waals surface area (Å²) in [5.41, 5.74) is 5.34. The molecular formula is C10H20Cl2N4O. The number of hydrogen-bond donors (Lipinski definition) is 1. The van der Waals surface area contributed by atoms with Crippen molar-refractivity contribution in [1.29, 1.82) is 0 Å². The van der Waals surface area contributed by atoms with Crippen molar-refractivity contribution in [1.82, 2.24) is 14.7 Å². The number of carbonyl (C=O) groups excluding carboxylic acids is 1. The van der Waals surface area contributed by atoms with Crippen LogP contribution >= 0.6 is 24.8 Å². The average molecular weight is 283 g/mol. The van der Waals surface area contributed by atoms with Crippen molar-refractivity contribution in [2.24, 2.45) is 5.73 Å². The van der Waals surface area contributed by atoms with Crippen LogP contribution < -0.4 is 5.73 Å². The molecule has 0 radical (unpaired) electrons. The van der Waals surface area contributed by atoms with Gasteiger partial charge in [0.15, 0.2) is 0 Å².